The van der Waals surface area contributed by atoms with Gasteiger partial charge in [-0.2, -0.15) is 0 Å². The van der Waals surface area contributed by atoms with Crippen LogP contribution in [-0.2, 0) is 16.6 Å². The van der Waals surface area contributed by atoms with Crippen LogP contribution >= 0.6 is 34.5 Å². The normalized spacial score (nSPS) is 11.5. The zero-order chi connectivity index (χ0) is 24.2. The summed E-state index contributed by atoms with van der Waals surface area (Å²) in [6.07, 6.45) is -0.0361. The number of anilines is 1. The quantitative estimate of drug-likeness (QED) is 0.394. The molecule has 0 aliphatic heterocycles. The number of nitrogens with one attached hydrogen (secondary N) is 2. The Morgan fingerprint density at radius 1 is 1.12 bits per heavy atom. The number of rotatable bonds is 9. The van der Waals surface area contributed by atoms with Crippen LogP contribution in [0.15, 0.2) is 40.7 Å². The summed E-state index contributed by atoms with van der Waals surface area (Å²) >= 11 is 12.6. The van der Waals surface area contributed by atoms with Gasteiger partial charge in [0.2, 0.25) is 9.47 Å². The first-order chi connectivity index (χ1) is 15.6. The summed E-state index contributed by atoms with van der Waals surface area (Å²) in [5.41, 5.74) is 0.819. The minimum absolute atomic E-state index is 0.00301. The maximum atomic E-state index is 12.6. The third-order valence-electron chi connectivity index (χ3n) is 4.09. The van der Waals surface area contributed by atoms with Crippen molar-refractivity contribution in [2.24, 2.45) is 0 Å². The first kappa shape index (κ1) is 25.2. The molecule has 2 aromatic carbocycles. The second-order valence-electron chi connectivity index (χ2n) is 6.93. The number of sulfonamides is 1. The third kappa shape index (κ3) is 6.55. The van der Waals surface area contributed by atoms with Crippen molar-refractivity contribution >= 4 is 55.6 Å². The van der Waals surface area contributed by atoms with Gasteiger partial charge in [0, 0.05) is 11.6 Å². The standard InChI is InChI=1S/C20H20Cl2N4O5S2/c1-11(2)31-16-7-4-12(8-17(16)30-3)10-23-33(28,29)20-26-25-19(32-20)24-18(27)14-6-5-13(21)9-15(14)22/h4-9,11,23H,10H2,1-3H3,(H,24,25,27). The molecule has 33 heavy (non-hydrogen) atoms. The predicted molar refractivity (Wildman–Crippen MR) is 127 cm³/mol. The van der Waals surface area contributed by atoms with Crippen molar-refractivity contribution in [3.05, 3.63) is 57.6 Å². The smallest absolute Gasteiger partial charge is 0.270 e. The van der Waals surface area contributed by atoms with Gasteiger partial charge in [0.1, 0.15) is 0 Å². The summed E-state index contributed by atoms with van der Waals surface area (Å²) in [6, 6.07) is 9.51. The molecule has 1 aromatic heterocycles. The fourth-order valence-electron chi connectivity index (χ4n) is 2.62. The average Bonchev–Trinajstić information content (AvgIpc) is 3.22. The zero-order valence-corrected chi connectivity index (χ0v) is 20.9. The van der Waals surface area contributed by atoms with Gasteiger partial charge in [0.15, 0.2) is 11.5 Å². The van der Waals surface area contributed by atoms with Crippen molar-refractivity contribution in [2.45, 2.75) is 30.8 Å². The van der Waals surface area contributed by atoms with Gasteiger partial charge in [-0.3, -0.25) is 10.1 Å². The van der Waals surface area contributed by atoms with Crippen LogP contribution in [0.4, 0.5) is 5.13 Å². The van der Waals surface area contributed by atoms with Crippen molar-refractivity contribution in [1.82, 2.24) is 14.9 Å². The number of hydrogen-bond donors (Lipinski definition) is 2. The Kier molecular flexibility index (Phi) is 8.14. The molecule has 0 spiro atoms. The highest BCUT2D eigenvalue weighted by molar-refractivity contribution is 7.91. The molecule has 0 atom stereocenters. The van der Waals surface area contributed by atoms with E-state index in [1.54, 1.807) is 18.2 Å². The molecule has 0 radical (unpaired) electrons. The Morgan fingerprint density at radius 2 is 1.88 bits per heavy atom. The van der Waals surface area contributed by atoms with Crippen LogP contribution in [0.25, 0.3) is 0 Å². The molecule has 13 heteroatoms. The van der Waals surface area contributed by atoms with E-state index in [9.17, 15) is 13.2 Å². The van der Waals surface area contributed by atoms with E-state index in [4.69, 9.17) is 32.7 Å². The Labute approximate surface area is 205 Å². The van der Waals surface area contributed by atoms with E-state index in [1.165, 1.54) is 25.3 Å². The fraction of sp³-hybridized carbons (Fsp3) is 0.250. The first-order valence-electron chi connectivity index (χ1n) is 9.52. The van der Waals surface area contributed by atoms with Gasteiger partial charge >= 0.3 is 0 Å². The Balaban J connectivity index is 1.67. The number of hydrogen-bond acceptors (Lipinski definition) is 8. The van der Waals surface area contributed by atoms with Crippen molar-refractivity contribution in [3.63, 3.8) is 0 Å². The average molecular weight is 531 g/mol. The summed E-state index contributed by atoms with van der Waals surface area (Å²) < 4.78 is 38.4. The van der Waals surface area contributed by atoms with Gasteiger partial charge in [-0.1, -0.05) is 40.6 Å². The fourth-order valence-corrected chi connectivity index (χ4v) is 5.07. The zero-order valence-electron chi connectivity index (χ0n) is 17.8. The molecule has 0 unspecified atom stereocenters. The lowest BCUT2D eigenvalue weighted by Crippen LogP contribution is -2.23. The summed E-state index contributed by atoms with van der Waals surface area (Å²) in [5.74, 6) is 0.479. The molecule has 0 saturated heterocycles. The number of carbonyl (C=O) groups is 1. The first-order valence-corrected chi connectivity index (χ1v) is 12.6. The molecule has 1 amide bonds. The lowest BCUT2D eigenvalue weighted by atomic mass is 10.2. The number of nitrogens with zero attached hydrogens (tertiary/aromatic N) is 2. The number of halogens is 2. The van der Waals surface area contributed by atoms with Crippen LogP contribution in [-0.4, -0.2) is 37.7 Å². The highest BCUT2D eigenvalue weighted by atomic mass is 35.5. The molecule has 0 aliphatic rings. The van der Waals surface area contributed by atoms with Crippen molar-refractivity contribution in [2.75, 3.05) is 12.4 Å². The van der Waals surface area contributed by atoms with Crippen LogP contribution in [0.1, 0.15) is 29.8 Å². The van der Waals surface area contributed by atoms with E-state index < -0.39 is 15.9 Å². The van der Waals surface area contributed by atoms with Crippen LogP contribution in [0.5, 0.6) is 11.5 Å². The van der Waals surface area contributed by atoms with E-state index >= 15 is 0 Å². The monoisotopic (exact) mass is 530 g/mol. The Bertz CT molecular complexity index is 1270. The number of aromatic nitrogens is 2. The highest BCUT2D eigenvalue weighted by Gasteiger charge is 2.22. The molecule has 0 saturated carbocycles. The molecule has 0 fully saturated rings. The topological polar surface area (TPSA) is 120 Å². The van der Waals surface area contributed by atoms with Gasteiger partial charge in [-0.25, -0.2) is 13.1 Å². The number of amides is 1. The molecule has 0 bridgehead atoms. The van der Waals surface area contributed by atoms with Crippen molar-refractivity contribution < 1.29 is 22.7 Å². The molecular weight excluding hydrogens is 511 g/mol. The summed E-state index contributed by atoms with van der Waals surface area (Å²) in [6.45, 7) is 3.77. The van der Waals surface area contributed by atoms with Gasteiger partial charge in [-0.05, 0) is 49.7 Å². The molecule has 0 aliphatic carbocycles. The van der Waals surface area contributed by atoms with Gasteiger partial charge < -0.3 is 9.47 Å². The number of carbonyl (C=O) groups excluding carboxylic acids is 1. The van der Waals surface area contributed by atoms with Gasteiger partial charge in [0.25, 0.3) is 15.9 Å². The van der Waals surface area contributed by atoms with Crippen molar-refractivity contribution in [3.8, 4) is 11.5 Å². The second kappa shape index (κ2) is 10.7. The molecule has 3 aromatic rings. The van der Waals surface area contributed by atoms with E-state index in [0.717, 1.165) is 0 Å². The molecule has 176 valence electrons. The van der Waals surface area contributed by atoms with Gasteiger partial charge in [0.05, 0.1) is 23.8 Å². The molecule has 9 nitrogen and oxygen atoms in total. The lowest BCUT2D eigenvalue weighted by molar-refractivity contribution is 0.102. The molecule has 3 rings (SSSR count). The largest absolute Gasteiger partial charge is 0.493 e. The minimum atomic E-state index is -3.97. The van der Waals surface area contributed by atoms with Crippen LogP contribution < -0.4 is 19.5 Å². The van der Waals surface area contributed by atoms with Gasteiger partial charge in [-0.15, -0.1) is 10.2 Å². The summed E-state index contributed by atoms with van der Waals surface area (Å²) in [5, 5.41) is 10.4. The molecule has 2 N–H and O–H groups in total. The number of ether oxygens (including phenoxy) is 2. The van der Waals surface area contributed by atoms with Crippen LogP contribution in [0.3, 0.4) is 0 Å². The third-order valence-corrected chi connectivity index (χ3v) is 7.24. The highest BCUT2D eigenvalue weighted by Crippen LogP contribution is 2.29. The van der Waals surface area contributed by atoms with E-state index in [1.807, 2.05) is 13.8 Å². The Morgan fingerprint density at radius 3 is 2.55 bits per heavy atom. The SMILES string of the molecule is COc1cc(CNS(=O)(=O)c2nnc(NC(=O)c3ccc(Cl)cc3Cl)s2)ccc1OC(C)C. The predicted octanol–water partition coefficient (Wildman–Crippen LogP) is 4.37. The summed E-state index contributed by atoms with van der Waals surface area (Å²) in [4.78, 5) is 12.4. The second-order valence-corrected chi connectivity index (χ2v) is 10.7. The van der Waals surface area contributed by atoms with Crippen LogP contribution in [0.2, 0.25) is 10.0 Å². The van der Waals surface area contributed by atoms with E-state index in [2.05, 4.69) is 20.2 Å². The van der Waals surface area contributed by atoms with Crippen molar-refractivity contribution in [1.29, 1.82) is 0 Å². The molecule has 1 heterocycles. The Hall–Kier alpha value is -2.44. The van der Waals surface area contributed by atoms with E-state index in [0.29, 0.717) is 33.4 Å². The minimum Gasteiger partial charge on any atom is -0.493 e. The van der Waals surface area contributed by atoms with E-state index in [-0.39, 0.29) is 32.7 Å². The molecular formula is C20H20Cl2N4O5S2. The maximum Gasteiger partial charge on any atom is 0.270 e. The lowest BCUT2D eigenvalue weighted by Gasteiger charge is -2.14. The summed E-state index contributed by atoms with van der Waals surface area (Å²) in [7, 11) is -2.47. The number of benzene rings is 2. The maximum absolute atomic E-state index is 12.6. The van der Waals surface area contributed by atoms with Crippen LogP contribution in [0, 0.1) is 0 Å². The number of methoxy groups -OCH3 is 1.